The number of carbonyl (C=O) groups excluding carboxylic acids is 3. The summed E-state index contributed by atoms with van der Waals surface area (Å²) in [6.45, 7) is 1.66. The van der Waals surface area contributed by atoms with Gasteiger partial charge in [0.05, 0.1) is 24.4 Å². The van der Waals surface area contributed by atoms with Gasteiger partial charge in [-0.1, -0.05) is 0 Å². The second-order valence-electron chi connectivity index (χ2n) is 5.13. The summed E-state index contributed by atoms with van der Waals surface area (Å²) in [5.41, 5.74) is 0.514. The van der Waals surface area contributed by atoms with Gasteiger partial charge in [0.2, 0.25) is 5.91 Å². The van der Waals surface area contributed by atoms with Gasteiger partial charge in [-0.15, -0.1) is 11.8 Å². The van der Waals surface area contributed by atoms with E-state index in [9.17, 15) is 19.5 Å². The van der Waals surface area contributed by atoms with Crippen molar-refractivity contribution in [3.63, 3.8) is 0 Å². The summed E-state index contributed by atoms with van der Waals surface area (Å²) < 4.78 is 5.08. The molecule has 2 aliphatic rings. The van der Waals surface area contributed by atoms with Crippen molar-refractivity contribution in [3.8, 4) is 0 Å². The third kappa shape index (κ3) is 2.39. The Bertz CT molecular complexity index is 667. The number of fused-ring (bicyclic) bond motifs is 1. The van der Waals surface area contributed by atoms with Crippen LogP contribution in [0.2, 0.25) is 0 Å². The van der Waals surface area contributed by atoms with E-state index in [1.165, 1.54) is 22.9 Å². The van der Waals surface area contributed by atoms with Crippen LogP contribution in [-0.2, 0) is 20.8 Å². The van der Waals surface area contributed by atoms with Crippen LogP contribution in [0.4, 0.5) is 0 Å². The number of rotatable bonds is 4. The molecule has 2 amide bonds. The zero-order chi connectivity index (χ0) is 15.9. The molecule has 3 heterocycles. The van der Waals surface area contributed by atoms with E-state index in [1.54, 1.807) is 19.1 Å². The summed E-state index contributed by atoms with van der Waals surface area (Å²) in [5, 5.41) is 13.4. The van der Waals surface area contributed by atoms with Crippen LogP contribution < -0.4 is 10.4 Å². The molecule has 0 bridgehead atoms. The molecule has 2 atom stereocenters. The van der Waals surface area contributed by atoms with Gasteiger partial charge in [-0.05, 0) is 24.6 Å². The molecule has 7 nitrogen and oxygen atoms in total. The van der Waals surface area contributed by atoms with Crippen molar-refractivity contribution < 1.29 is 23.9 Å². The van der Waals surface area contributed by atoms with E-state index in [2.05, 4.69) is 5.32 Å². The fourth-order valence-corrected chi connectivity index (χ4v) is 3.85. The van der Waals surface area contributed by atoms with Gasteiger partial charge in [-0.2, -0.15) is 0 Å². The van der Waals surface area contributed by atoms with E-state index >= 15 is 0 Å². The Hall–Kier alpha value is -2.22. The fourth-order valence-electron chi connectivity index (χ4n) is 2.56. The number of hydrogen-bond acceptors (Lipinski definition) is 6. The number of carbonyl (C=O) groups is 3. The van der Waals surface area contributed by atoms with E-state index in [0.717, 1.165) is 0 Å². The molecule has 0 aliphatic carbocycles. The molecule has 1 saturated heterocycles. The summed E-state index contributed by atoms with van der Waals surface area (Å²) in [4.78, 5) is 36.4. The van der Waals surface area contributed by atoms with Gasteiger partial charge in [-0.25, -0.2) is 0 Å². The highest BCUT2D eigenvalue weighted by molar-refractivity contribution is 8.00. The lowest BCUT2D eigenvalue weighted by atomic mass is 10.0. The quantitative estimate of drug-likeness (QED) is 0.732. The van der Waals surface area contributed by atoms with Crippen LogP contribution in [-0.4, -0.2) is 39.9 Å². The smallest absolute Gasteiger partial charge is 0.253 e. The molecule has 0 saturated carbocycles. The van der Waals surface area contributed by atoms with Crippen molar-refractivity contribution in [2.75, 3.05) is 5.75 Å². The Morgan fingerprint density at radius 2 is 2.32 bits per heavy atom. The molecular weight excluding hydrogens is 308 g/mol. The topological polar surface area (TPSA) is 103 Å². The first-order valence-electron chi connectivity index (χ1n) is 6.66. The second-order valence-corrected chi connectivity index (χ2v) is 6.23. The number of amides is 2. The first kappa shape index (κ1) is 14.7. The maximum atomic E-state index is 12.1. The zero-order valence-electron chi connectivity index (χ0n) is 11.7. The number of hydrogen-bond donors (Lipinski definition) is 1. The molecule has 1 aromatic rings. The maximum Gasteiger partial charge on any atom is 0.253 e. The Morgan fingerprint density at radius 1 is 1.55 bits per heavy atom. The Kier molecular flexibility index (Phi) is 3.69. The number of carboxylic acids is 1. The highest BCUT2D eigenvalue weighted by atomic mass is 32.2. The van der Waals surface area contributed by atoms with Crippen molar-refractivity contribution in [1.29, 1.82) is 0 Å². The van der Waals surface area contributed by atoms with Gasteiger partial charge in [0.15, 0.2) is 0 Å². The average molecular weight is 321 g/mol. The molecule has 22 heavy (non-hydrogen) atoms. The van der Waals surface area contributed by atoms with Crippen LogP contribution in [0.15, 0.2) is 34.1 Å². The molecule has 3 rings (SSSR count). The predicted octanol–water partition coefficient (Wildman–Crippen LogP) is -0.754. The molecular formula is C14H13N2O5S-. The van der Waals surface area contributed by atoms with E-state index < -0.39 is 23.3 Å². The minimum Gasteiger partial charge on any atom is -0.543 e. The third-order valence-corrected chi connectivity index (χ3v) is 5.01. The monoisotopic (exact) mass is 321 g/mol. The Morgan fingerprint density at radius 3 is 2.95 bits per heavy atom. The number of furan rings is 1. The maximum absolute atomic E-state index is 12.1. The van der Waals surface area contributed by atoms with Crippen LogP contribution in [0.3, 0.4) is 0 Å². The number of carboxylic acid groups (broad SMARTS) is 1. The first-order chi connectivity index (χ1) is 10.5. The Balaban J connectivity index is 1.68. The highest BCUT2D eigenvalue weighted by Gasteiger charge is 2.52. The van der Waals surface area contributed by atoms with E-state index in [1.807, 2.05) is 0 Å². The van der Waals surface area contributed by atoms with Gasteiger partial charge in [0.25, 0.3) is 5.91 Å². The van der Waals surface area contributed by atoms with Crippen LogP contribution in [0.1, 0.15) is 12.7 Å². The van der Waals surface area contributed by atoms with Gasteiger partial charge >= 0.3 is 0 Å². The SMILES string of the molecule is CC1=C(C(=O)[O-])N2C(=O)C(NC(=O)Cc3ccco3)[C@H]2SC1. The number of aliphatic carboxylic acids is 1. The summed E-state index contributed by atoms with van der Waals surface area (Å²) in [6.07, 6.45) is 1.51. The number of thioether (sulfide) groups is 1. The molecule has 0 aromatic carbocycles. The van der Waals surface area contributed by atoms with Gasteiger partial charge in [0, 0.05) is 5.75 Å². The lowest BCUT2D eigenvalue weighted by Gasteiger charge is -2.50. The van der Waals surface area contributed by atoms with Crippen molar-refractivity contribution in [2.45, 2.75) is 24.8 Å². The zero-order valence-corrected chi connectivity index (χ0v) is 12.5. The van der Waals surface area contributed by atoms with Crippen LogP contribution >= 0.6 is 11.8 Å². The van der Waals surface area contributed by atoms with Gasteiger partial charge in [0.1, 0.15) is 17.2 Å². The number of nitrogens with one attached hydrogen (secondary N) is 1. The molecule has 1 fully saturated rings. The summed E-state index contributed by atoms with van der Waals surface area (Å²) in [6, 6.07) is 2.63. The van der Waals surface area contributed by atoms with Crippen molar-refractivity contribution in [2.24, 2.45) is 0 Å². The molecule has 1 unspecified atom stereocenters. The van der Waals surface area contributed by atoms with E-state index in [4.69, 9.17) is 4.42 Å². The number of nitrogens with zero attached hydrogens (tertiary/aromatic N) is 1. The molecule has 0 radical (unpaired) electrons. The summed E-state index contributed by atoms with van der Waals surface area (Å²) in [7, 11) is 0. The van der Waals surface area contributed by atoms with Gasteiger partial charge < -0.3 is 19.6 Å². The van der Waals surface area contributed by atoms with Crippen molar-refractivity contribution >= 4 is 29.5 Å². The molecule has 116 valence electrons. The molecule has 1 N–H and O–H groups in total. The first-order valence-corrected chi connectivity index (χ1v) is 7.71. The van der Waals surface area contributed by atoms with Crippen molar-refractivity contribution in [1.82, 2.24) is 10.2 Å². The normalized spacial score (nSPS) is 23.9. The third-order valence-electron chi connectivity index (χ3n) is 3.58. The predicted molar refractivity (Wildman–Crippen MR) is 75.1 cm³/mol. The van der Waals surface area contributed by atoms with Crippen LogP contribution in [0.25, 0.3) is 0 Å². The average Bonchev–Trinajstić information content (AvgIpc) is 2.97. The minimum absolute atomic E-state index is 0.0381. The standard InChI is InChI=1S/C14H14N2O5S/c1-7-6-22-13-10(12(18)16(13)11(7)14(19)20)15-9(17)5-8-3-2-4-21-8/h2-4,10,13H,5-6H2,1H3,(H,15,17)(H,19,20)/p-1/t10?,13-/m1/s1. The largest absolute Gasteiger partial charge is 0.543 e. The molecule has 1 aromatic heterocycles. The van der Waals surface area contributed by atoms with Crippen molar-refractivity contribution in [3.05, 3.63) is 35.4 Å². The lowest BCUT2D eigenvalue weighted by Crippen LogP contribution is -2.71. The minimum atomic E-state index is -1.36. The van der Waals surface area contributed by atoms with E-state index in [-0.39, 0.29) is 18.0 Å². The van der Waals surface area contributed by atoms with Gasteiger partial charge in [-0.3, -0.25) is 14.5 Å². The Labute approximate surface area is 130 Å². The summed E-state index contributed by atoms with van der Waals surface area (Å²) >= 11 is 1.42. The van der Waals surface area contributed by atoms with E-state index in [0.29, 0.717) is 17.1 Å². The highest BCUT2D eigenvalue weighted by Crippen LogP contribution is 2.39. The summed E-state index contributed by atoms with van der Waals surface area (Å²) in [5.74, 6) is -1.14. The second kappa shape index (κ2) is 5.53. The fraction of sp³-hybridized carbons (Fsp3) is 0.357. The van der Waals surface area contributed by atoms with Crippen LogP contribution in [0, 0.1) is 0 Å². The molecule has 8 heteroatoms. The molecule has 0 spiro atoms. The molecule has 2 aliphatic heterocycles. The number of β-lactam (4-membered cyclic amide) rings is 1. The lowest BCUT2D eigenvalue weighted by molar-refractivity contribution is -0.301. The van der Waals surface area contributed by atoms with Crippen LogP contribution in [0.5, 0.6) is 0 Å².